The molecular formula is C19H15BrN4O2S. The van der Waals surface area contributed by atoms with E-state index in [1.807, 2.05) is 54.8 Å². The van der Waals surface area contributed by atoms with Crippen molar-refractivity contribution in [3.8, 4) is 17.1 Å². The number of thioether (sulfide) groups is 1. The maximum Gasteiger partial charge on any atom is 0.247 e. The van der Waals surface area contributed by atoms with Crippen LogP contribution in [0.4, 0.5) is 5.69 Å². The lowest BCUT2D eigenvalue weighted by Gasteiger charge is -2.30. The molecule has 4 rings (SSSR count). The Hall–Kier alpha value is -2.45. The first-order valence-corrected chi connectivity index (χ1v) is 10.2. The van der Waals surface area contributed by atoms with Crippen LogP contribution >= 0.6 is 27.7 Å². The summed E-state index contributed by atoms with van der Waals surface area (Å²) >= 11 is 4.95. The number of aromatic nitrogens is 3. The Morgan fingerprint density at radius 3 is 2.63 bits per heavy atom. The van der Waals surface area contributed by atoms with Crippen molar-refractivity contribution < 1.29 is 9.53 Å². The van der Waals surface area contributed by atoms with Crippen molar-refractivity contribution in [1.82, 2.24) is 15.2 Å². The minimum atomic E-state index is -0.688. The molecule has 0 spiro atoms. The fourth-order valence-corrected chi connectivity index (χ4v) is 3.79. The van der Waals surface area contributed by atoms with Gasteiger partial charge in [-0.2, -0.15) is 4.98 Å². The summed E-state index contributed by atoms with van der Waals surface area (Å²) in [5.41, 5.74) is 2.80. The molecule has 0 N–H and O–H groups in total. The van der Waals surface area contributed by atoms with E-state index >= 15 is 0 Å². The summed E-state index contributed by atoms with van der Waals surface area (Å²) < 4.78 is 7.11. The molecule has 0 saturated heterocycles. The van der Waals surface area contributed by atoms with Gasteiger partial charge >= 0.3 is 0 Å². The average Bonchev–Trinajstić information content (AvgIpc) is 2.82. The van der Waals surface area contributed by atoms with Gasteiger partial charge in [0.05, 0.1) is 5.69 Å². The Morgan fingerprint density at radius 2 is 1.89 bits per heavy atom. The molecule has 27 heavy (non-hydrogen) atoms. The van der Waals surface area contributed by atoms with Gasteiger partial charge in [-0.1, -0.05) is 64.1 Å². The standard InChI is InChI=1S/C19H15BrN4O2S/c1-11(25)24-15-10-6-4-8-13(15)16-17(21-19(27-2)23-22-16)26-18(24)12-7-3-5-9-14(12)20/h3-10,18H,1-2H3. The molecule has 0 fully saturated rings. The van der Waals surface area contributed by atoms with Crippen LogP contribution < -0.4 is 9.64 Å². The Balaban J connectivity index is 2.00. The van der Waals surface area contributed by atoms with Crippen LogP contribution in [-0.4, -0.2) is 27.3 Å². The van der Waals surface area contributed by atoms with Crippen molar-refractivity contribution in [2.75, 3.05) is 11.2 Å². The number of rotatable bonds is 2. The van der Waals surface area contributed by atoms with E-state index in [2.05, 4.69) is 31.1 Å². The quantitative estimate of drug-likeness (QED) is 0.545. The van der Waals surface area contributed by atoms with Crippen LogP contribution in [0.3, 0.4) is 0 Å². The van der Waals surface area contributed by atoms with E-state index in [0.717, 1.165) is 15.6 Å². The fraction of sp³-hybridized carbons (Fsp3) is 0.158. The second kappa shape index (κ2) is 7.28. The number of amides is 1. The first kappa shape index (κ1) is 17.9. The molecular weight excluding hydrogens is 428 g/mol. The fourth-order valence-electron chi connectivity index (χ4n) is 3.02. The van der Waals surface area contributed by atoms with Gasteiger partial charge in [0.2, 0.25) is 23.2 Å². The average molecular weight is 443 g/mol. The third-order valence-electron chi connectivity index (χ3n) is 4.20. The van der Waals surface area contributed by atoms with Gasteiger partial charge < -0.3 is 4.74 Å². The molecule has 8 heteroatoms. The number of hydrogen-bond donors (Lipinski definition) is 0. The number of fused-ring (bicyclic) bond motifs is 3. The molecule has 3 aromatic rings. The van der Waals surface area contributed by atoms with Crippen LogP contribution in [0.2, 0.25) is 0 Å². The monoisotopic (exact) mass is 442 g/mol. The van der Waals surface area contributed by atoms with Gasteiger partial charge in [0, 0.05) is 22.5 Å². The summed E-state index contributed by atoms with van der Waals surface area (Å²) in [6.45, 7) is 1.52. The third kappa shape index (κ3) is 3.19. The zero-order valence-electron chi connectivity index (χ0n) is 14.6. The van der Waals surface area contributed by atoms with Crippen molar-refractivity contribution in [3.63, 3.8) is 0 Å². The lowest BCUT2D eigenvalue weighted by molar-refractivity contribution is -0.118. The summed E-state index contributed by atoms with van der Waals surface area (Å²) in [7, 11) is 0. The van der Waals surface area contributed by atoms with Gasteiger partial charge in [0.15, 0.2) is 5.69 Å². The van der Waals surface area contributed by atoms with E-state index in [1.165, 1.54) is 18.7 Å². The molecule has 0 bridgehead atoms. The molecule has 0 radical (unpaired) electrons. The molecule has 1 aliphatic rings. The SMILES string of the molecule is CSc1nnc2c(n1)OC(c1ccccc1Br)N(C(C)=O)c1ccccc1-2. The Labute approximate surface area is 169 Å². The summed E-state index contributed by atoms with van der Waals surface area (Å²) in [6.07, 6.45) is 1.19. The van der Waals surface area contributed by atoms with Gasteiger partial charge in [0.25, 0.3) is 0 Å². The number of anilines is 1. The van der Waals surface area contributed by atoms with E-state index in [9.17, 15) is 4.79 Å². The zero-order chi connectivity index (χ0) is 19.0. The summed E-state index contributed by atoms with van der Waals surface area (Å²) in [4.78, 5) is 18.8. The van der Waals surface area contributed by atoms with E-state index in [4.69, 9.17) is 4.74 Å². The lowest BCUT2D eigenvalue weighted by Crippen LogP contribution is -2.36. The largest absolute Gasteiger partial charge is 0.447 e. The molecule has 2 heterocycles. The number of ether oxygens (including phenoxy) is 1. The minimum absolute atomic E-state index is 0.144. The van der Waals surface area contributed by atoms with Gasteiger partial charge in [-0.25, -0.2) is 0 Å². The van der Waals surface area contributed by atoms with Crippen LogP contribution in [0.25, 0.3) is 11.3 Å². The van der Waals surface area contributed by atoms with Gasteiger partial charge in [-0.15, -0.1) is 10.2 Å². The minimum Gasteiger partial charge on any atom is -0.447 e. The molecule has 6 nitrogen and oxygen atoms in total. The molecule has 136 valence electrons. The van der Waals surface area contributed by atoms with Crippen molar-refractivity contribution in [2.24, 2.45) is 0 Å². The maximum absolute atomic E-state index is 12.7. The highest BCUT2D eigenvalue weighted by atomic mass is 79.9. The first-order valence-electron chi connectivity index (χ1n) is 8.19. The summed E-state index contributed by atoms with van der Waals surface area (Å²) in [5.74, 6) is 0.209. The first-order chi connectivity index (χ1) is 13.1. The van der Waals surface area contributed by atoms with E-state index in [1.54, 1.807) is 4.90 Å². The van der Waals surface area contributed by atoms with Gasteiger partial charge in [-0.05, 0) is 18.4 Å². The second-order valence-corrected chi connectivity index (χ2v) is 7.48. The highest BCUT2D eigenvalue weighted by Crippen LogP contribution is 2.44. The van der Waals surface area contributed by atoms with Gasteiger partial charge in [0.1, 0.15) is 0 Å². The molecule has 2 aromatic carbocycles. The van der Waals surface area contributed by atoms with Crippen molar-refractivity contribution in [2.45, 2.75) is 18.3 Å². The van der Waals surface area contributed by atoms with Gasteiger partial charge in [-0.3, -0.25) is 9.69 Å². The maximum atomic E-state index is 12.7. The summed E-state index contributed by atoms with van der Waals surface area (Å²) in [6, 6.07) is 15.2. The molecule has 1 unspecified atom stereocenters. The molecule has 1 atom stereocenters. The van der Waals surface area contributed by atoms with Crippen LogP contribution in [-0.2, 0) is 4.79 Å². The van der Waals surface area contributed by atoms with E-state index in [-0.39, 0.29) is 5.91 Å². The molecule has 0 saturated carbocycles. The lowest BCUT2D eigenvalue weighted by atomic mass is 10.1. The number of carbonyl (C=O) groups is 1. The predicted molar refractivity (Wildman–Crippen MR) is 108 cm³/mol. The summed E-state index contributed by atoms with van der Waals surface area (Å²) in [5, 5.41) is 8.98. The smallest absolute Gasteiger partial charge is 0.247 e. The molecule has 0 aliphatic carbocycles. The number of carbonyl (C=O) groups excluding carboxylic acids is 1. The number of benzene rings is 2. The van der Waals surface area contributed by atoms with E-state index in [0.29, 0.717) is 22.4 Å². The number of halogens is 1. The predicted octanol–water partition coefficient (Wildman–Crippen LogP) is 4.47. The van der Waals surface area contributed by atoms with Crippen LogP contribution in [0, 0.1) is 0 Å². The Kier molecular flexibility index (Phi) is 4.84. The van der Waals surface area contributed by atoms with Crippen molar-refractivity contribution >= 4 is 39.3 Å². The second-order valence-electron chi connectivity index (χ2n) is 5.85. The highest BCUT2D eigenvalue weighted by Gasteiger charge is 2.35. The number of nitrogens with zero attached hydrogens (tertiary/aromatic N) is 4. The molecule has 1 aromatic heterocycles. The highest BCUT2D eigenvalue weighted by molar-refractivity contribution is 9.10. The Morgan fingerprint density at radius 1 is 1.15 bits per heavy atom. The van der Waals surface area contributed by atoms with Crippen LogP contribution in [0.1, 0.15) is 18.7 Å². The van der Waals surface area contributed by atoms with E-state index < -0.39 is 6.23 Å². The van der Waals surface area contributed by atoms with Crippen molar-refractivity contribution in [3.05, 3.63) is 58.6 Å². The molecule has 1 aliphatic heterocycles. The van der Waals surface area contributed by atoms with Crippen LogP contribution in [0.5, 0.6) is 5.88 Å². The van der Waals surface area contributed by atoms with Crippen LogP contribution in [0.15, 0.2) is 58.2 Å². The molecule has 1 amide bonds. The Bertz CT molecular complexity index is 1030. The number of hydrogen-bond acceptors (Lipinski definition) is 6. The number of para-hydroxylation sites is 1. The topological polar surface area (TPSA) is 68.2 Å². The normalized spacial score (nSPS) is 15.4. The zero-order valence-corrected chi connectivity index (χ0v) is 17.0. The van der Waals surface area contributed by atoms with Crippen molar-refractivity contribution in [1.29, 1.82) is 0 Å². The third-order valence-corrected chi connectivity index (χ3v) is 5.47.